The van der Waals surface area contributed by atoms with Crippen molar-refractivity contribution in [3.8, 4) is 0 Å². The Bertz CT molecular complexity index is 1230. The molecule has 3 amide bonds. The Labute approximate surface area is 213 Å². The molecule has 2 aromatic rings. The predicted molar refractivity (Wildman–Crippen MR) is 138 cm³/mol. The van der Waals surface area contributed by atoms with E-state index in [4.69, 9.17) is 0 Å². The fourth-order valence-corrected chi connectivity index (χ4v) is 5.94. The zero-order valence-corrected chi connectivity index (χ0v) is 22.2. The highest BCUT2D eigenvalue weighted by atomic mass is 32.2. The number of hydrogen-bond acceptors (Lipinski definition) is 5. The molecule has 1 aliphatic heterocycles. The van der Waals surface area contributed by atoms with Gasteiger partial charge in [0.1, 0.15) is 10.9 Å². The Hall–Kier alpha value is -3.20. The molecule has 1 aliphatic rings. The van der Waals surface area contributed by atoms with E-state index in [1.165, 1.54) is 12.1 Å². The average Bonchev–Trinajstić information content (AvgIpc) is 3.04. The van der Waals surface area contributed by atoms with Crippen molar-refractivity contribution in [1.82, 2.24) is 14.5 Å². The fourth-order valence-electron chi connectivity index (χ4n) is 4.34. The van der Waals surface area contributed by atoms with Crippen molar-refractivity contribution in [3.63, 3.8) is 0 Å². The largest absolute Gasteiger partial charge is 0.352 e. The molecule has 1 heterocycles. The van der Waals surface area contributed by atoms with Gasteiger partial charge in [0.05, 0.1) is 5.56 Å². The van der Waals surface area contributed by atoms with Gasteiger partial charge in [-0.15, -0.1) is 0 Å². The van der Waals surface area contributed by atoms with E-state index in [-0.39, 0.29) is 54.2 Å². The van der Waals surface area contributed by atoms with Crippen LogP contribution in [0.3, 0.4) is 0 Å². The Kier molecular flexibility index (Phi) is 8.89. The lowest BCUT2D eigenvalue weighted by Crippen LogP contribution is -2.50. The van der Waals surface area contributed by atoms with E-state index in [0.717, 1.165) is 21.9 Å². The first-order valence-corrected chi connectivity index (χ1v) is 13.9. The average molecular weight is 514 g/mol. The maximum atomic E-state index is 13.4. The molecular formula is C27H35N3O5S. The second-order valence-corrected chi connectivity index (χ2v) is 11.1. The Morgan fingerprint density at radius 3 is 2.42 bits per heavy atom. The van der Waals surface area contributed by atoms with Crippen molar-refractivity contribution in [3.05, 3.63) is 65.2 Å². The smallest absolute Gasteiger partial charge is 0.269 e. The number of carbonyl (C=O) groups excluding carboxylic acids is 3. The third-order valence-corrected chi connectivity index (χ3v) is 8.33. The Morgan fingerprint density at radius 2 is 1.78 bits per heavy atom. The topological polar surface area (TPSA) is 104 Å². The van der Waals surface area contributed by atoms with Crippen LogP contribution in [0.2, 0.25) is 0 Å². The summed E-state index contributed by atoms with van der Waals surface area (Å²) in [5.74, 6) is -1.04. The summed E-state index contributed by atoms with van der Waals surface area (Å²) in [5, 5.41) is 2.98. The number of fused-ring (bicyclic) bond motifs is 1. The molecule has 0 bridgehead atoms. The lowest BCUT2D eigenvalue weighted by atomic mass is 10.1. The molecule has 2 aromatic carbocycles. The molecule has 0 aliphatic carbocycles. The third-order valence-electron chi connectivity index (χ3n) is 6.49. The molecule has 0 radical (unpaired) electrons. The standard InChI is InChI=1S/C27H35N3O5S/c1-5-20(4)28-26(32)23(6-2)29(18-21-12-9-11-19(3)17-21)25(31)15-10-16-30-27(33)22-13-7-8-14-24(22)36(30,34)35/h7-9,11-14,17,20,23H,5-6,10,15-16,18H2,1-4H3,(H,28,32). The van der Waals surface area contributed by atoms with E-state index < -0.39 is 22.0 Å². The van der Waals surface area contributed by atoms with Crippen LogP contribution in [-0.4, -0.2) is 54.0 Å². The maximum Gasteiger partial charge on any atom is 0.269 e. The second kappa shape index (κ2) is 11.7. The summed E-state index contributed by atoms with van der Waals surface area (Å²) in [6.07, 6.45) is 1.38. The van der Waals surface area contributed by atoms with Crippen molar-refractivity contribution in [1.29, 1.82) is 0 Å². The van der Waals surface area contributed by atoms with Crippen molar-refractivity contribution in [2.24, 2.45) is 0 Å². The van der Waals surface area contributed by atoms with E-state index in [0.29, 0.717) is 6.42 Å². The summed E-state index contributed by atoms with van der Waals surface area (Å²) in [6, 6.07) is 13.2. The number of aryl methyl sites for hydroxylation is 1. The van der Waals surface area contributed by atoms with Gasteiger partial charge in [0.15, 0.2) is 0 Å². The van der Waals surface area contributed by atoms with Crippen molar-refractivity contribution < 1.29 is 22.8 Å². The van der Waals surface area contributed by atoms with E-state index >= 15 is 0 Å². The van der Waals surface area contributed by atoms with Gasteiger partial charge in [-0.1, -0.05) is 55.8 Å². The summed E-state index contributed by atoms with van der Waals surface area (Å²) >= 11 is 0. The van der Waals surface area contributed by atoms with Crippen LogP contribution in [0.5, 0.6) is 0 Å². The molecule has 0 saturated heterocycles. The summed E-state index contributed by atoms with van der Waals surface area (Å²) in [5.41, 5.74) is 2.11. The van der Waals surface area contributed by atoms with Gasteiger partial charge in [0, 0.05) is 25.6 Å². The normalized spacial score (nSPS) is 15.8. The highest BCUT2D eigenvalue weighted by Crippen LogP contribution is 2.30. The first kappa shape index (κ1) is 27.4. The predicted octanol–water partition coefficient (Wildman–Crippen LogP) is 3.64. The zero-order valence-electron chi connectivity index (χ0n) is 21.4. The van der Waals surface area contributed by atoms with Crippen LogP contribution in [0.25, 0.3) is 0 Å². The van der Waals surface area contributed by atoms with Gasteiger partial charge in [-0.3, -0.25) is 14.4 Å². The maximum absolute atomic E-state index is 13.4. The highest BCUT2D eigenvalue weighted by Gasteiger charge is 2.40. The van der Waals surface area contributed by atoms with Crippen LogP contribution in [0.1, 0.15) is 67.9 Å². The lowest BCUT2D eigenvalue weighted by molar-refractivity contribution is -0.141. The van der Waals surface area contributed by atoms with Gasteiger partial charge in [0.2, 0.25) is 11.8 Å². The molecule has 0 fully saturated rings. The molecule has 3 rings (SSSR count). The van der Waals surface area contributed by atoms with Gasteiger partial charge in [-0.25, -0.2) is 12.7 Å². The summed E-state index contributed by atoms with van der Waals surface area (Å²) < 4.78 is 26.5. The van der Waals surface area contributed by atoms with Crippen LogP contribution in [0.4, 0.5) is 0 Å². The van der Waals surface area contributed by atoms with Crippen LogP contribution in [0, 0.1) is 6.92 Å². The van der Waals surface area contributed by atoms with Crippen molar-refractivity contribution in [2.75, 3.05) is 6.54 Å². The van der Waals surface area contributed by atoms with Gasteiger partial charge in [-0.05, 0) is 50.8 Å². The zero-order chi connectivity index (χ0) is 26.5. The molecular weight excluding hydrogens is 478 g/mol. The van der Waals surface area contributed by atoms with Gasteiger partial charge < -0.3 is 10.2 Å². The van der Waals surface area contributed by atoms with Crippen LogP contribution < -0.4 is 5.32 Å². The molecule has 0 saturated carbocycles. The van der Waals surface area contributed by atoms with E-state index in [2.05, 4.69) is 5.32 Å². The molecule has 1 N–H and O–H groups in total. The van der Waals surface area contributed by atoms with E-state index in [1.54, 1.807) is 17.0 Å². The van der Waals surface area contributed by atoms with Gasteiger partial charge >= 0.3 is 0 Å². The number of nitrogens with zero attached hydrogens (tertiary/aromatic N) is 2. The van der Waals surface area contributed by atoms with Crippen molar-refractivity contribution in [2.45, 2.75) is 76.9 Å². The molecule has 8 nitrogen and oxygen atoms in total. The number of benzene rings is 2. The van der Waals surface area contributed by atoms with E-state index in [1.807, 2.05) is 52.0 Å². The third kappa shape index (κ3) is 5.95. The van der Waals surface area contributed by atoms with Gasteiger partial charge in [-0.2, -0.15) is 0 Å². The van der Waals surface area contributed by atoms with E-state index in [9.17, 15) is 22.8 Å². The molecule has 36 heavy (non-hydrogen) atoms. The number of nitrogens with one attached hydrogen (secondary N) is 1. The summed E-state index contributed by atoms with van der Waals surface area (Å²) in [6.45, 7) is 7.89. The number of rotatable bonds is 11. The molecule has 9 heteroatoms. The quantitative estimate of drug-likeness (QED) is 0.494. The summed E-state index contributed by atoms with van der Waals surface area (Å²) in [7, 11) is -3.92. The van der Waals surface area contributed by atoms with Crippen molar-refractivity contribution >= 4 is 27.7 Å². The molecule has 0 aromatic heterocycles. The fraction of sp³-hybridized carbons (Fsp3) is 0.444. The first-order chi connectivity index (χ1) is 17.1. The van der Waals surface area contributed by atoms with Crippen LogP contribution >= 0.6 is 0 Å². The minimum absolute atomic E-state index is 0.00448. The number of hydrogen-bond donors (Lipinski definition) is 1. The van der Waals surface area contributed by atoms with Crippen LogP contribution in [0.15, 0.2) is 53.4 Å². The molecule has 194 valence electrons. The molecule has 0 spiro atoms. The minimum Gasteiger partial charge on any atom is -0.352 e. The molecule has 2 unspecified atom stereocenters. The second-order valence-electron chi connectivity index (χ2n) is 9.23. The minimum atomic E-state index is -3.92. The number of amides is 3. The van der Waals surface area contributed by atoms with Gasteiger partial charge in [0.25, 0.3) is 15.9 Å². The summed E-state index contributed by atoms with van der Waals surface area (Å²) in [4.78, 5) is 40.7. The molecule has 2 atom stereocenters. The number of carbonyl (C=O) groups is 3. The highest BCUT2D eigenvalue weighted by molar-refractivity contribution is 7.90. The Balaban J connectivity index is 1.75. The lowest BCUT2D eigenvalue weighted by Gasteiger charge is -2.31. The van der Waals surface area contributed by atoms with Crippen LogP contribution in [-0.2, 0) is 26.2 Å². The number of sulfonamides is 1. The monoisotopic (exact) mass is 513 g/mol. The SMILES string of the molecule is CCC(C)NC(=O)C(CC)N(Cc1cccc(C)c1)C(=O)CCCN1C(=O)c2ccccc2S1(=O)=O. The first-order valence-electron chi connectivity index (χ1n) is 12.4. The Morgan fingerprint density at radius 1 is 1.06 bits per heavy atom.